The van der Waals surface area contributed by atoms with Crippen LogP contribution in [0, 0.1) is 22.9 Å². The fraction of sp³-hybridized carbons (Fsp3) is 0.273. The zero-order chi connectivity index (χ0) is 12.3. The van der Waals surface area contributed by atoms with Gasteiger partial charge in [-0.2, -0.15) is 0 Å². The van der Waals surface area contributed by atoms with Crippen molar-refractivity contribution in [3.63, 3.8) is 0 Å². The predicted octanol–water partition coefficient (Wildman–Crippen LogP) is 2.57. The van der Waals surface area contributed by atoms with Crippen LogP contribution in [0.25, 0.3) is 6.08 Å². The quantitative estimate of drug-likeness (QED) is 0.585. The van der Waals surface area contributed by atoms with E-state index in [-0.39, 0.29) is 16.8 Å². The molecule has 1 rings (SSSR count). The minimum atomic E-state index is -0.512. The molecule has 0 unspecified atom stereocenters. The summed E-state index contributed by atoms with van der Waals surface area (Å²) in [7, 11) is 3.57. The van der Waals surface area contributed by atoms with Gasteiger partial charge in [0.15, 0.2) is 0 Å². The van der Waals surface area contributed by atoms with Gasteiger partial charge in [0.25, 0.3) is 5.69 Å². The molecule has 0 bridgehead atoms. The maximum absolute atomic E-state index is 13.3. The lowest BCUT2D eigenvalue weighted by molar-refractivity contribution is -0.385. The third kappa shape index (κ3) is 2.79. The van der Waals surface area contributed by atoms with Gasteiger partial charge in [0.05, 0.1) is 10.5 Å². The number of nitrogens with zero attached hydrogens (tertiary/aromatic N) is 2. The summed E-state index contributed by atoms with van der Waals surface area (Å²) in [4.78, 5) is 12.0. The summed E-state index contributed by atoms with van der Waals surface area (Å²) in [5, 5.41) is 10.8. The second-order valence-corrected chi connectivity index (χ2v) is 3.70. The number of nitro benzene ring substituents is 1. The lowest BCUT2D eigenvalue weighted by Crippen LogP contribution is -2.00. The van der Waals surface area contributed by atoms with Crippen LogP contribution in [-0.2, 0) is 0 Å². The molecule has 0 radical (unpaired) electrons. The largest absolute Gasteiger partial charge is 0.383 e. The van der Waals surface area contributed by atoms with Crippen LogP contribution in [0.4, 0.5) is 10.1 Å². The molecule has 5 heteroatoms. The van der Waals surface area contributed by atoms with Crippen LogP contribution < -0.4 is 0 Å². The van der Waals surface area contributed by atoms with Crippen molar-refractivity contribution in [1.82, 2.24) is 4.90 Å². The van der Waals surface area contributed by atoms with Gasteiger partial charge in [0.2, 0.25) is 0 Å². The molecule has 0 N–H and O–H groups in total. The topological polar surface area (TPSA) is 46.4 Å². The Morgan fingerprint density at radius 2 is 2.06 bits per heavy atom. The van der Waals surface area contributed by atoms with Crippen molar-refractivity contribution >= 4 is 11.8 Å². The van der Waals surface area contributed by atoms with Gasteiger partial charge in [0.1, 0.15) is 5.82 Å². The smallest absolute Gasteiger partial charge is 0.277 e. The Bertz CT molecular complexity index is 442. The van der Waals surface area contributed by atoms with E-state index >= 15 is 0 Å². The second kappa shape index (κ2) is 4.74. The lowest BCUT2D eigenvalue weighted by Gasteiger charge is -2.04. The van der Waals surface area contributed by atoms with E-state index in [0.717, 1.165) is 0 Å². The molecular formula is C11H13FN2O2. The minimum Gasteiger partial charge on any atom is -0.383 e. The van der Waals surface area contributed by atoms with E-state index in [1.54, 1.807) is 25.2 Å². The second-order valence-electron chi connectivity index (χ2n) is 3.70. The fourth-order valence-corrected chi connectivity index (χ4v) is 1.20. The first kappa shape index (κ1) is 12.2. The molecule has 0 saturated carbocycles. The van der Waals surface area contributed by atoms with E-state index in [1.807, 2.05) is 0 Å². The van der Waals surface area contributed by atoms with Gasteiger partial charge in [-0.25, -0.2) is 4.39 Å². The van der Waals surface area contributed by atoms with Gasteiger partial charge in [0, 0.05) is 20.2 Å². The first-order valence-corrected chi connectivity index (χ1v) is 4.71. The van der Waals surface area contributed by atoms with Gasteiger partial charge in [-0.3, -0.25) is 10.1 Å². The molecule has 4 nitrogen and oxygen atoms in total. The molecule has 0 amide bonds. The molecule has 16 heavy (non-hydrogen) atoms. The van der Waals surface area contributed by atoms with Crippen LogP contribution >= 0.6 is 0 Å². The van der Waals surface area contributed by atoms with E-state index in [4.69, 9.17) is 0 Å². The summed E-state index contributed by atoms with van der Waals surface area (Å²) < 4.78 is 13.3. The van der Waals surface area contributed by atoms with Crippen molar-refractivity contribution < 1.29 is 9.31 Å². The summed E-state index contributed by atoms with van der Waals surface area (Å²) in [6, 6.07) is 2.41. The Hall–Kier alpha value is -1.91. The highest BCUT2D eigenvalue weighted by Crippen LogP contribution is 2.23. The average Bonchev–Trinajstić information content (AvgIpc) is 2.18. The average molecular weight is 224 g/mol. The van der Waals surface area contributed by atoms with Gasteiger partial charge in [-0.1, -0.05) is 0 Å². The summed E-state index contributed by atoms with van der Waals surface area (Å²) in [6.07, 6.45) is 3.15. The standard InChI is InChI=1S/C11H13FN2O2/c1-8-6-11(14(15)16)9(7-10(8)12)4-5-13(2)3/h4-7H,1-3H3/b5-4+. The van der Waals surface area contributed by atoms with E-state index in [9.17, 15) is 14.5 Å². The summed E-state index contributed by atoms with van der Waals surface area (Å²) in [6.45, 7) is 1.50. The lowest BCUT2D eigenvalue weighted by atomic mass is 10.1. The number of halogens is 1. The Labute approximate surface area is 93.1 Å². The number of benzene rings is 1. The molecule has 1 aromatic rings. The zero-order valence-corrected chi connectivity index (χ0v) is 9.40. The van der Waals surface area contributed by atoms with Crippen LogP contribution in [0.2, 0.25) is 0 Å². The molecule has 0 saturated heterocycles. The van der Waals surface area contributed by atoms with Gasteiger partial charge in [-0.05, 0) is 30.8 Å². The number of rotatable bonds is 3. The Balaban J connectivity index is 3.25. The molecule has 0 aliphatic heterocycles. The molecule has 1 aromatic carbocycles. The minimum absolute atomic E-state index is 0.0861. The highest BCUT2D eigenvalue weighted by molar-refractivity contribution is 5.61. The number of hydrogen-bond acceptors (Lipinski definition) is 3. The maximum atomic E-state index is 13.3. The van der Waals surface area contributed by atoms with Crippen molar-refractivity contribution in [2.24, 2.45) is 0 Å². The molecule has 0 aliphatic carbocycles. The SMILES string of the molecule is Cc1cc([N+](=O)[O-])c(/C=C/N(C)C)cc1F. The van der Waals surface area contributed by atoms with Gasteiger partial charge >= 0.3 is 0 Å². The van der Waals surface area contributed by atoms with Crippen LogP contribution in [0.5, 0.6) is 0 Å². The zero-order valence-electron chi connectivity index (χ0n) is 9.40. The van der Waals surface area contributed by atoms with Crippen molar-refractivity contribution in [3.05, 3.63) is 45.4 Å². The molecule has 86 valence electrons. The summed E-state index contributed by atoms with van der Waals surface area (Å²) >= 11 is 0. The van der Waals surface area contributed by atoms with Crippen LogP contribution in [0.1, 0.15) is 11.1 Å². The van der Waals surface area contributed by atoms with Crippen LogP contribution in [-0.4, -0.2) is 23.9 Å². The van der Waals surface area contributed by atoms with Crippen molar-refractivity contribution in [2.45, 2.75) is 6.92 Å². The Morgan fingerprint density at radius 1 is 1.44 bits per heavy atom. The van der Waals surface area contributed by atoms with Crippen LogP contribution in [0.15, 0.2) is 18.3 Å². The molecular weight excluding hydrogens is 211 g/mol. The predicted molar refractivity (Wildman–Crippen MR) is 60.5 cm³/mol. The number of aryl methyl sites for hydroxylation is 1. The third-order valence-electron chi connectivity index (χ3n) is 2.06. The van der Waals surface area contributed by atoms with E-state index in [1.165, 1.54) is 25.1 Å². The first-order chi connectivity index (χ1) is 7.41. The third-order valence-corrected chi connectivity index (χ3v) is 2.06. The molecule has 0 spiro atoms. The highest BCUT2D eigenvalue weighted by Gasteiger charge is 2.14. The molecule has 0 heterocycles. The van der Waals surface area contributed by atoms with Crippen molar-refractivity contribution in [1.29, 1.82) is 0 Å². The molecule has 0 aromatic heterocycles. The normalized spacial score (nSPS) is 10.8. The van der Waals surface area contributed by atoms with E-state index in [0.29, 0.717) is 0 Å². The molecule has 0 aliphatic rings. The molecule has 0 atom stereocenters. The summed E-state index contributed by atoms with van der Waals surface area (Å²) in [5.74, 6) is -0.441. The van der Waals surface area contributed by atoms with Gasteiger partial charge in [-0.15, -0.1) is 0 Å². The van der Waals surface area contributed by atoms with E-state index < -0.39 is 10.7 Å². The van der Waals surface area contributed by atoms with Crippen molar-refractivity contribution in [3.8, 4) is 0 Å². The van der Waals surface area contributed by atoms with Crippen LogP contribution in [0.3, 0.4) is 0 Å². The number of hydrogen-bond donors (Lipinski definition) is 0. The van der Waals surface area contributed by atoms with Crippen molar-refractivity contribution in [2.75, 3.05) is 14.1 Å². The summed E-state index contributed by atoms with van der Waals surface area (Å²) in [5.41, 5.74) is 0.451. The highest BCUT2D eigenvalue weighted by atomic mass is 19.1. The number of nitro groups is 1. The monoisotopic (exact) mass is 224 g/mol. The fourth-order valence-electron chi connectivity index (χ4n) is 1.20. The Morgan fingerprint density at radius 3 is 2.56 bits per heavy atom. The van der Waals surface area contributed by atoms with E-state index in [2.05, 4.69) is 0 Å². The maximum Gasteiger partial charge on any atom is 0.277 e. The first-order valence-electron chi connectivity index (χ1n) is 4.71. The molecule has 0 fully saturated rings. The Kier molecular flexibility index (Phi) is 3.60. The van der Waals surface area contributed by atoms with Gasteiger partial charge < -0.3 is 4.90 Å².